The summed E-state index contributed by atoms with van der Waals surface area (Å²) in [6, 6.07) is 6.59. The zero-order valence-electron chi connectivity index (χ0n) is 14.8. The van der Waals surface area contributed by atoms with Crippen LogP contribution in [0.15, 0.2) is 30.6 Å². The summed E-state index contributed by atoms with van der Waals surface area (Å²) >= 11 is 0. The molecule has 24 heavy (non-hydrogen) atoms. The summed E-state index contributed by atoms with van der Waals surface area (Å²) in [5.41, 5.74) is 3.31. The van der Waals surface area contributed by atoms with Gasteiger partial charge < -0.3 is 4.90 Å². The molecule has 0 saturated carbocycles. The molecular formula is C19H26N4O. The van der Waals surface area contributed by atoms with Crippen molar-refractivity contribution < 1.29 is 4.79 Å². The number of piperidine rings is 1. The Bertz CT molecular complexity index is 707. The highest BCUT2D eigenvalue weighted by molar-refractivity contribution is 5.73. The summed E-state index contributed by atoms with van der Waals surface area (Å²) in [6.45, 7) is 7.69. The molecule has 0 N–H and O–H groups in total. The minimum Gasteiger partial charge on any atom is -0.343 e. The van der Waals surface area contributed by atoms with Crippen LogP contribution in [-0.2, 0) is 11.2 Å². The summed E-state index contributed by atoms with van der Waals surface area (Å²) in [5, 5.41) is 4.40. The van der Waals surface area contributed by atoms with Crippen molar-refractivity contribution in [3.05, 3.63) is 36.2 Å². The second-order valence-corrected chi connectivity index (χ2v) is 6.98. The van der Waals surface area contributed by atoms with Gasteiger partial charge in [-0.3, -0.25) is 14.5 Å². The topological polar surface area (TPSA) is 51.0 Å². The number of carbonyl (C=O) groups is 1. The van der Waals surface area contributed by atoms with Gasteiger partial charge in [0.25, 0.3) is 0 Å². The third kappa shape index (κ3) is 3.66. The molecule has 0 radical (unpaired) electrons. The van der Waals surface area contributed by atoms with E-state index in [0.29, 0.717) is 12.0 Å². The molecule has 2 aromatic heterocycles. The van der Waals surface area contributed by atoms with E-state index in [1.807, 2.05) is 28.0 Å². The smallest absolute Gasteiger partial charge is 0.219 e. The minimum absolute atomic E-state index is 0.191. The monoisotopic (exact) mass is 326 g/mol. The zero-order chi connectivity index (χ0) is 17.1. The fourth-order valence-corrected chi connectivity index (χ4v) is 3.52. The molecule has 0 bridgehead atoms. The molecule has 3 rings (SSSR count). The molecule has 3 heterocycles. The van der Waals surface area contributed by atoms with Crippen LogP contribution in [-0.4, -0.2) is 38.7 Å². The van der Waals surface area contributed by atoms with Gasteiger partial charge in [-0.05, 0) is 62.8 Å². The molecule has 2 aromatic rings. The molecule has 0 aliphatic carbocycles. The van der Waals surface area contributed by atoms with E-state index < -0.39 is 0 Å². The van der Waals surface area contributed by atoms with Crippen molar-refractivity contribution in [2.75, 3.05) is 13.1 Å². The maximum absolute atomic E-state index is 11.6. The number of likely N-dealkylation sites (tertiary alicyclic amines) is 1. The highest BCUT2D eigenvalue weighted by atomic mass is 16.2. The first-order valence-corrected chi connectivity index (χ1v) is 8.79. The van der Waals surface area contributed by atoms with Gasteiger partial charge in [-0.1, -0.05) is 0 Å². The third-order valence-corrected chi connectivity index (χ3v) is 4.73. The predicted octanol–water partition coefficient (Wildman–Crippen LogP) is 3.33. The molecule has 0 unspecified atom stereocenters. The van der Waals surface area contributed by atoms with Crippen molar-refractivity contribution in [1.29, 1.82) is 0 Å². The number of carbonyl (C=O) groups excluding carboxylic acids is 1. The van der Waals surface area contributed by atoms with Gasteiger partial charge in [0.1, 0.15) is 0 Å². The first-order valence-electron chi connectivity index (χ1n) is 8.79. The normalized spacial score (nSPS) is 18.2. The van der Waals surface area contributed by atoms with E-state index in [2.05, 4.69) is 36.1 Å². The fourth-order valence-electron chi connectivity index (χ4n) is 3.52. The van der Waals surface area contributed by atoms with Crippen LogP contribution in [0.2, 0.25) is 0 Å². The van der Waals surface area contributed by atoms with Crippen LogP contribution < -0.4 is 0 Å². The summed E-state index contributed by atoms with van der Waals surface area (Å²) in [6.07, 6.45) is 6.99. The van der Waals surface area contributed by atoms with Gasteiger partial charge in [0.05, 0.1) is 11.4 Å². The van der Waals surface area contributed by atoms with E-state index in [0.717, 1.165) is 37.3 Å². The Balaban J connectivity index is 1.76. The number of nitrogens with zero attached hydrogens (tertiary/aromatic N) is 4. The molecule has 5 nitrogen and oxygen atoms in total. The lowest BCUT2D eigenvalue weighted by Crippen LogP contribution is -2.39. The molecule has 0 spiro atoms. The number of amides is 1. The van der Waals surface area contributed by atoms with Crippen LogP contribution in [0.1, 0.15) is 45.2 Å². The number of hydrogen-bond donors (Lipinski definition) is 0. The molecular weight excluding hydrogens is 300 g/mol. The second kappa shape index (κ2) is 7.16. The lowest BCUT2D eigenvalue weighted by molar-refractivity contribution is -0.130. The van der Waals surface area contributed by atoms with E-state index in [4.69, 9.17) is 0 Å². The average molecular weight is 326 g/mol. The molecule has 5 heteroatoms. The molecule has 1 fully saturated rings. The van der Waals surface area contributed by atoms with E-state index in [1.165, 1.54) is 12.0 Å². The molecule has 0 aromatic carbocycles. The number of hydrogen-bond acceptors (Lipinski definition) is 3. The van der Waals surface area contributed by atoms with Gasteiger partial charge >= 0.3 is 0 Å². The average Bonchev–Trinajstić information content (AvgIpc) is 3.05. The van der Waals surface area contributed by atoms with E-state index in [-0.39, 0.29) is 5.91 Å². The summed E-state index contributed by atoms with van der Waals surface area (Å²) in [5.74, 6) is 0.726. The minimum atomic E-state index is 0.191. The van der Waals surface area contributed by atoms with Gasteiger partial charge in [0.15, 0.2) is 0 Å². The predicted molar refractivity (Wildman–Crippen MR) is 94.5 cm³/mol. The maximum atomic E-state index is 11.6. The Kier molecular flexibility index (Phi) is 4.97. The summed E-state index contributed by atoms with van der Waals surface area (Å²) in [7, 11) is 0. The van der Waals surface area contributed by atoms with Crippen LogP contribution in [0.25, 0.3) is 11.4 Å². The Hall–Kier alpha value is -2.17. The Morgan fingerprint density at radius 1 is 1.33 bits per heavy atom. The lowest BCUT2D eigenvalue weighted by Gasteiger charge is -2.32. The Labute approximate surface area is 143 Å². The SMILES string of the molecule is CC(=O)N1CCC[C@H](Cc2ccnc(-c3ccnn3C(C)C)c2)C1. The van der Waals surface area contributed by atoms with Crippen molar-refractivity contribution in [2.24, 2.45) is 5.92 Å². The maximum Gasteiger partial charge on any atom is 0.219 e. The van der Waals surface area contributed by atoms with Gasteiger partial charge in [-0.2, -0.15) is 5.10 Å². The second-order valence-electron chi connectivity index (χ2n) is 6.98. The van der Waals surface area contributed by atoms with Crippen molar-refractivity contribution in [1.82, 2.24) is 19.7 Å². The molecule has 1 saturated heterocycles. The van der Waals surface area contributed by atoms with Crippen molar-refractivity contribution in [2.45, 2.75) is 46.1 Å². The van der Waals surface area contributed by atoms with Gasteiger partial charge in [-0.15, -0.1) is 0 Å². The standard InChI is InChI=1S/C19H26N4O/c1-14(2)23-19(7-9-21-23)18-12-16(6-8-20-18)11-17-5-4-10-22(13-17)15(3)24/h6-9,12,14,17H,4-5,10-11,13H2,1-3H3/t17-/m1/s1. The summed E-state index contributed by atoms with van der Waals surface area (Å²) in [4.78, 5) is 18.1. The number of pyridine rings is 1. The molecule has 128 valence electrons. The number of rotatable bonds is 4. The first kappa shape index (κ1) is 16.7. The quantitative estimate of drug-likeness (QED) is 0.866. The lowest BCUT2D eigenvalue weighted by atomic mass is 9.91. The van der Waals surface area contributed by atoms with Crippen LogP contribution >= 0.6 is 0 Å². The largest absolute Gasteiger partial charge is 0.343 e. The molecule has 1 aliphatic heterocycles. The highest BCUT2D eigenvalue weighted by Crippen LogP contribution is 2.24. The Morgan fingerprint density at radius 2 is 2.17 bits per heavy atom. The van der Waals surface area contributed by atoms with Crippen LogP contribution in [0, 0.1) is 5.92 Å². The van der Waals surface area contributed by atoms with E-state index >= 15 is 0 Å². The molecule has 1 atom stereocenters. The van der Waals surface area contributed by atoms with Crippen molar-refractivity contribution >= 4 is 5.91 Å². The van der Waals surface area contributed by atoms with Gasteiger partial charge in [0.2, 0.25) is 5.91 Å². The highest BCUT2D eigenvalue weighted by Gasteiger charge is 2.22. The van der Waals surface area contributed by atoms with E-state index in [9.17, 15) is 4.79 Å². The fraction of sp³-hybridized carbons (Fsp3) is 0.526. The molecule has 1 aliphatic rings. The van der Waals surface area contributed by atoms with Gasteiger partial charge in [0, 0.05) is 38.4 Å². The van der Waals surface area contributed by atoms with Crippen molar-refractivity contribution in [3.8, 4) is 11.4 Å². The molecule has 1 amide bonds. The Morgan fingerprint density at radius 3 is 2.92 bits per heavy atom. The van der Waals surface area contributed by atoms with Crippen LogP contribution in [0.5, 0.6) is 0 Å². The zero-order valence-corrected chi connectivity index (χ0v) is 14.8. The first-order chi connectivity index (χ1) is 11.5. The van der Waals surface area contributed by atoms with Crippen LogP contribution in [0.3, 0.4) is 0 Å². The van der Waals surface area contributed by atoms with Crippen LogP contribution in [0.4, 0.5) is 0 Å². The van der Waals surface area contributed by atoms with Crippen molar-refractivity contribution in [3.63, 3.8) is 0 Å². The van der Waals surface area contributed by atoms with E-state index in [1.54, 1.807) is 6.92 Å². The summed E-state index contributed by atoms with van der Waals surface area (Å²) < 4.78 is 2.00. The third-order valence-electron chi connectivity index (χ3n) is 4.73. The van der Waals surface area contributed by atoms with Gasteiger partial charge in [-0.25, -0.2) is 0 Å². The number of aromatic nitrogens is 3.